The average Bonchev–Trinajstić information content (AvgIpc) is 3.43. The molecule has 0 radical (unpaired) electrons. The smallest absolute Gasteiger partial charge is 0.321 e. The summed E-state index contributed by atoms with van der Waals surface area (Å²) in [6, 6.07) is 4.19. The molecule has 2 aromatic rings. The highest BCUT2D eigenvalue weighted by Crippen LogP contribution is 2.32. The van der Waals surface area contributed by atoms with Crippen LogP contribution in [0.25, 0.3) is 0 Å². The Kier molecular flexibility index (Phi) is 7.87. The Morgan fingerprint density at radius 3 is 2.67 bits per heavy atom. The number of hydrogen-bond donors (Lipinski definition) is 2. The number of hydrogen-bond acceptors (Lipinski definition) is 8. The topological polar surface area (TPSA) is 91.9 Å². The van der Waals surface area contributed by atoms with Gasteiger partial charge < -0.3 is 19.7 Å². The zero-order valence-electron chi connectivity index (χ0n) is 19.7. The highest BCUT2D eigenvalue weighted by atomic mass is 32.1. The van der Waals surface area contributed by atoms with Crippen LogP contribution in [0.4, 0.5) is 15.1 Å². The lowest BCUT2D eigenvalue weighted by Crippen LogP contribution is -2.36. The number of amides is 2. The number of anilines is 2. The lowest BCUT2D eigenvalue weighted by molar-refractivity contribution is 0.248. The molecule has 1 aromatic carbocycles. The Morgan fingerprint density at radius 1 is 1.09 bits per heavy atom. The SMILES string of the molecule is COc1ccc(CN2CCCN(c3nnc(NC(=O)NC4CCCC4)s3)CC2)c(OC)c1C. The normalized spacial score (nSPS) is 17.6. The van der Waals surface area contributed by atoms with Gasteiger partial charge in [0.25, 0.3) is 0 Å². The number of carbonyl (C=O) groups is 1. The first-order valence-corrected chi connectivity index (χ1v) is 12.5. The summed E-state index contributed by atoms with van der Waals surface area (Å²) < 4.78 is 11.1. The van der Waals surface area contributed by atoms with Crippen LogP contribution < -0.4 is 25.0 Å². The number of nitrogens with one attached hydrogen (secondary N) is 2. The van der Waals surface area contributed by atoms with E-state index in [4.69, 9.17) is 9.47 Å². The number of methoxy groups -OCH3 is 2. The molecule has 2 heterocycles. The van der Waals surface area contributed by atoms with E-state index < -0.39 is 0 Å². The maximum atomic E-state index is 12.2. The van der Waals surface area contributed by atoms with E-state index in [0.717, 1.165) is 74.2 Å². The van der Waals surface area contributed by atoms with E-state index in [0.29, 0.717) is 5.13 Å². The van der Waals surface area contributed by atoms with Crippen molar-refractivity contribution in [2.24, 2.45) is 0 Å². The van der Waals surface area contributed by atoms with Crippen molar-refractivity contribution in [2.75, 3.05) is 50.6 Å². The van der Waals surface area contributed by atoms with E-state index in [-0.39, 0.29) is 12.1 Å². The van der Waals surface area contributed by atoms with Crippen LogP contribution in [0.5, 0.6) is 11.5 Å². The van der Waals surface area contributed by atoms with Crippen molar-refractivity contribution in [3.8, 4) is 11.5 Å². The third-order valence-corrected chi connectivity index (χ3v) is 7.34. The third-order valence-electron chi connectivity index (χ3n) is 6.44. The molecule has 0 spiro atoms. The highest BCUT2D eigenvalue weighted by Gasteiger charge is 2.22. The van der Waals surface area contributed by atoms with Gasteiger partial charge in [0.05, 0.1) is 14.2 Å². The minimum absolute atomic E-state index is 0.185. The lowest BCUT2D eigenvalue weighted by Gasteiger charge is -2.23. The first-order chi connectivity index (χ1) is 16.1. The van der Waals surface area contributed by atoms with Gasteiger partial charge in [-0.3, -0.25) is 10.2 Å². The van der Waals surface area contributed by atoms with Gasteiger partial charge in [0, 0.05) is 49.9 Å². The van der Waals surface area contributed by atoms with E-state index in [9.17, 15) is 4.79 Å². The molecule has 1 saturated heterocycles. The number of benzene rings is 1. The third kappa shape index (κ3) is 5.86. The average molecular weight is 475 g/mol. The maximum Gasteiger partial charge on any atom is 0.321 e. The van der Waals surface area contributed by atoms with Crippen LogP contribution in [-0.2, 0) is 6.54 Å². The van der Waals surface area contributed by atoms with Crippen LogP contribution in [0.15, 0.2) is 12.1 Å². The van der Waals surface area contributed by atoms with E-state index >= 15 is 0 Å². The molecule has 0 bridgehead atoms. The zero-order chi connectivity index (χ0) is 23.2. The van der Waals surface area contributed by atoms with Gasteiger partial charge in [-0.25, -0.2) is 4.79 Å². The Bertz CT molecular complexity index is 946. The molecule has 2 fully saturated rings. The largest absolute Gasteiger partial charge is 0.496 e. The van der Waals surface area contributed by atoms with Crippen molar-refractivity contribution in [2.45, 2.75) is 51.6 Å². The quantitative estimate of drug-likeness (QED) is 0.633. The summed E-state index contributed by atoms with van der Waals surface area (Å²) >= 11 is 1.43. The molecule has 1 saturated carbocycles. The molecule has 2 N–H and O–H groups in total. The van der Waals surface area contributed by atoms with E-state index in [1.54, 1.807) is 14.2 Å². The monoisotopic (exact) mass is 474 g/mol. The van der Waals surface area contributed by atoms with Crippen LogP contribution in [0.1, 0.15) is 43.2 Å². The van der Waals surface area contributed by atoms with Gasteiger partial charge in [0.15, 0.2) is 0 Å². The van der Waals surface area contributed by atoms with Crippen molar-refractivity contribution >= 4 is 27.6 Å². The molecule has 0 unspecified atom stereocenters. The van der Waals surface area contributed by atoms with Crippen LogP contribution in [0.3, 0.4) is 0 Å². The van der Waals surface area contributed by atoms with Crippen LogP contribution in [-0.4, -0.2) is 67.6 Å². The molecule has 1 aliphatic carbocycles. The fourth-order valence-corrected chi connectivity index (χ4v) is 5.49. The predicted octanol–water partition coefficient (Wildman–Crippen LogP) is 3.64. The number of aromatic nitrogens is 2. The second-order valence-corrected chi connectivity index (χ2v) is 9.63. The van der Waals surface area contributed by atoms with Gasteiger partial charge in [-0.15, -0.1) is 10.2 Å². The van der Waals surface area contributed by atoms with Crippen molar-refractivity contribution in [1.82, 2.24) is 20.4 Å². The molecule has 9 nitrogen and oxygen atoms in total. The second kappa shape index (κ2) is 11.0. The second-order valence-electron chi connectivity index (χ2n) is 8.67. The molecular weight excluding hydrogens is 440 g/mol. The Balaban J connectivity index is 1.32. The van der Waals surface area contributed by atoms with Crippen LogP contribution >= 0.6 is 11.3 Å². The van der Waals surface area contributed by atoms with Gasteiger partial charge in [-0.2, -0.15) is 0 Å². The predicted molar refractivity (Wildman–Crippen MR) is 131 cm³/mol. The van der Waals surface area contributed by atoms with Gasteiger partial charge in [-0.05, 0) is 32.3 Å². The molecule has 1 aliphatic heterocycles. The van der Waals surface area contributed by atoms with Crippen LogP contribution in [0, 0.1) is 6.92 Å². The molecule has 10 heteroatoms. The summed E-state index contributed by atoms with van der Waals surface area (Å²) in [4.78, 5) is 16.9. The van der Waals surface area contributed by atoms with Crippen molar-refractivity contribution in [3.63, 3.8) is 0 Å². The summed E-state index contributed by atoms with van der Waals surface area (Å²) in [5.74, 6) is 1.74. The maximum absolute atomic E-state index is 12.2. The molecule has 4 rings (SSSR count). The molecule has 33 heavy (non-hydrogen) atoms. The van der Waals surface area contributed by atoms with E-state index in [2.05, 4.69) is 36.7 Å². The molecule has 180 valence electrons. The summed E-state index contributed by atoms with van der Waals surface area (Å²) in [7, 11) is 3.39. The fraction of sp³-hybridized carbons (Fsp3) is 0.609. The molecule has 0 atom stereocenters. The molecular formula is C23H34N6O3S. The Morgan fingerprint density at radius 2 is 1.91 bits per heavy atom. The summed E-state index contributed by atoms with van der Waals surface area (Å²) in [6.45, 7) is 6.54. The number of nitrogens with zero attached hydrogens (tertiary/aromatic N) is 4. The standard InChI is InChI=1S/C23H34N6O3S/c1-16-19(31-2)10-9-17(20(16)32-3)15-28-11-6-12-29(14-13-28)23-27-26-22(33-23)25-21(30)24-18-7-4-5-8-18/h9-10,18H,4-8,11-15H2,1-3H3,(H2,24,25,26,30). The minimum atomic E-state index is -0.185. The van der Waals surface area contributed by atoms with Gasteiger partial charge in [0.1, 0.15) is 11.5 Å². The number of urea groups is 1. The Labute approximate surface area is 199 Å². The van der Waals surface area contributed by atoms with Crippen molar-refractivity contribution in [3.05, 3.63) is 23.3 Å². The molecule has 1 aromatic heterocycles. The first-order valence-electron chi connectivity index (χ1n) is 11.7. The van der Waals surface area contributed by atoms with Gasteiger partial charge >= 0.3 is 6.03 Å². The number of ether oxygens (including phenoxy) is 2. The van der Waals surface area contributed by atoms with Crippen molar-refractivity contribution < 1.29 is 14.3 Å². The number of carbonyl (C=O) groups excluding carboxylic acids is 1. The summed E-state index contributed by atoms with van der Waals surface area (Å²) in [5, 5.41) is 15.8. The van der Waals surface area contributed by atoms with Crippen LogP contribution in [0.2, 0.25) is 0 Å². The minimum Gasteiger partial charge on any atom is -0.496 e. The summed E-state index contributed by atoms with van der Waals surface area (Å²) in [5.41, 5.74) is 2.19. The summed E-state index contributed by atoms with van der Waals surface area (Å²) in [6.07, 6.45) is 5.51. The zero-order valence-corrected chi connectivity index (χ0v) is 20.5. The van der Waals surface area contributed by atoms with Crippen molar-refractivity contribution in [1.29, 1.82) is 0 Å². The van der Waals surface area contributed by atoms with E-state index in [1.165, 1.54) is 29.7 Å². The fourth-order valence-electron chi connectivity index (χ4n) is 4.70. The van der Waals surface area contributed by atoms with Gasteiger partial charge in [0.2, 0.25) is 10.3 Å². The molecule has 2 aliphatic rings. The highest BCUT2D eigenvalue weighted by molar-refractivity contribution is 7.19. The molecule has 2 amide bonds. The number of rotatable bonds is 7. The Hall–Kier alpha value is -2.59. The van der Waals surface area contributed by atoms with Gasteiger partial charge in [-0.1, -0.05) is 30.2 Å². The van der Waals surface area contributed by atoms with E-state index in [1.807, 2.05) is 13.0 Å². The lowest BCUT2D eigenvalue weighted by atomic mass is 10.1. The first kappa shape index (κ1) is 23.6.